The number of hydrogen-bond donors (Lipinski definition) is 3. The zero-order valence-corrected chi connectivity index (χ0v) is 9.07. The second-order valence-corrected chi connectivity index (χ2v) is 4.45. The fourth-order valence-electron chi connectivity index (χ4n) is 1.77. The lowest BCUT2D eigenvalue weighted by Gasteiger charge is -2.19. The third-order valence-electron chi connectivity index (χ3n) is 2.48. The van der Waals surface area contributed by atoms with Gasteiger partial charge in [0.05, 0.1) is 12.6 Å². The predicted octanol–water partition coefficient (Wildman–Crippen LogP) is 0.0567. The average Bonchev–Trinajstić information content (AvgIpc) is 2.46. The van der Waals surface area contributed by atoms with Crippen molar-refractivity contribution in [2.75, 3.05) is 13.2 Å². The summed E-state index contributed by atoms with van der Waals surface area (Å²) in [6, 6.07) is 0.232. The molecule has 0 radical (unpaired) electrons. The summed E-state index contributed by atoms with van der Waals surface area (Å²) in [5.74, 6) is 0.622. The molecule has 0 aromatic heterocycles. The predicted molar refractivity (Wildman–Crippen MR) is 55.8 cm³/mol. The van der Waals surface area contributed by atoms with Gasteiger partial charge in [0.25, 0.3) is 0 Å². The first kappa shape index (κ1) is 11.9. The van der Waals surface area contributed by atoms with Crippen molar-refractivity contribution in [2.24, 2.45) is 11.7 Å². The minimum Gasteiger partial charge on any atom is -0.367 e. The smallest absolute Gasteiger partial charge is 0.169 e. The number of nitrogens with two attached hydrogens (primary N) is 1. The van der Waals surface area contributed by atoms with Crippen LogP contribution in [0.3, 0.4) is 0 Å². The van der Waals surface area contributed by atoms with E-state index in [0.29, 0.717) is 12.5 Å². The number of aliphatic hydroxyl groups excluding tert-OH is 1. The van der Waals surface area contributed by atoms with Crippen LogP contribution in [-0.4, -0.2) is 36.6 Å². The van der Waals surface area contributed by atoms with Crippen LogP contribution in [0.15, 0.2) is 0 Å². The van der Waals surface area contributed by atoms with Crippen LogP contribution in [-0.2, 0) is 4.74 Å². The molecule has 1 aliphatic heterocycles. The summed E-state index contributed by atoms with van der Waals surface area (Å²) in [5, 5.41) is 12.6. The minimum atomic E-state index is -0.652. The Morgan fingerprint density at radius 1 is 1.57 bits per heavy atom. The summed E-state index contributed by atoms with van der Waals surface area (Å²) < 4.78 is 5.03. The van der Waals surface area contributed by atoms with E-state index in [4.69, 9.17) is 10.5 Å². The van der Waals surface area contributed by atoms with Gasteiger partial charge in [-0.15, -0.1) is 0 Å². The molecule has 4 N–H and O–H groups in total. The molecule has 1 fully saturated rings. The van der Waals surface area contributed by atoms with Gasteiger partial charge in [-0.2, -0.15) is 0 Å². The molecule has 14 heavy (non-hydrogen) atoms. The standard InChI is InChI=1S/C10H22N2O2/c1-7(2)5-8(11)6-12-9-3-4-14-10(9)13/h7-10,12-13H,3-6,11H2,1-2H3/t8-,9+,10?/m1/s1. The van der Waals surface area contributed by atoms with Crippen LogP contribution < -0.4 is 11.1 Å². The molecule has 0 aliphatic carbocycles. The second kappa shape index (κ2) is 5.66. The molecule has 1 saturated heterocycles. The van der Waals surface area contributed by atoms with Gasteiger partial charge < -0.3 is 20.9 Å². The number of rotatable bonds is 5. The maximum atomic E-state index is 9.36. The topological polar surface area (TPSA) is 67.5 Å². The highest BCUT2D eigenvalue weighted by Gasteiger charge is 2.25. The highest BCUT2D eigenvalue weighted by atomic mass is 16.6. The van der Waals surface area contributed by atoms with Crippen LogP contribution in [0.25, 0.3) is 0 Å². The van der Waals surface area contributed by atoms with Gasteiger partial charge in [0.2, 0.25) is 0 Å². The Morgan fingerprint density at radius 2 is 2.29 bits per heavy atom. The molecule has 84 valence electrons. The van der Waals surface area contributed by atoms with Crippen molar-refractivity contribution in [3.05, 3.63) is 0 Å². The summed E-state index contributed by atoms with van der Waals surface area (Å²) in [6.45, 7) is 5.71. The molecule has 0 amide bonds. The molecule has 3 atom stereocenters. The van der Waals surface area contributed by atoms with Crippen LogP contribution in [0.2, 0.25) is 0 Å². The summed E-state index contributed by atoms with van der Waals surface area (Å²) in [4.78, 5) is 0. The molecule has 4 heteroatoms. The largest absolute Gasteiger partial charge is 0.367 e. The van der Waals surface area contributed by atoms with E-state index >= 15 is 0 Å². The number of nitrogens with one attached hydrogen (secondary N) is 1. The molecule has 1 rings (SSSR count). The average molecular weight is 202 g/mol. The van der Waals surface area contributed by atoms with E-state index in [1.54, 1.807) is 0 Å². The van der Waals surface area contributed by atoms with Crippen molar-refractivity contribution in [1.82, 2.24) is 5.32 Å². The first-order valence-corrected chi connectivity index (χ1v) is 5.38. The van der Waals surface area contributed by atoms with Gasteiger partial charge in [-0.1, -0.05) is 13.8 Å². The maximum absolute atomic E-state index is 9.36. The number of aliphatic hydroxyl groups is 1. The van der Waals surface area contributed by atoms with E-state index in [-0.39, 0.29) is 12.1 Å². The Bertz CT molecular complexity index is 164. The number of hydrogen-bond acceptors (Lipinski definition) is 4. The SMILES string of the molecule is CC(C)C[C@@H](N)CN[C@H]1CCOC1O. The van der Waals surface area contributed by atoms with Crippen LogP contribution in [0.5, 0.6) is 0 Å². The van der Waals surface area contributed by atoms with Crippen molar-refractivity contribution in [2.45, 2.75) is 45.1 Å². The molecule has 1 aliphatic rings. The van der Waals surface area contributed by atoms with Gasteiger partial charge in [-0.3, -0.25) is 0 Å². The lowest BCUT2D eigenvalue weighted by Crippen LogP contribution is -2.43. The Labute approximate surface area is 85.8 Å². The molecule has 1 heterocycles. The van der Waals surface area contributed by atoms with Crippen molar-refractivity contribution >= 4 is 0 Å². The van der Waals surface area contributed by atoms with Crippen molar-refractivity contribution in [1.29, 1.82) is 0 Å². The summed E-state index contributed by atoms with van der Waals surface area (Å²) in [7, 11) is 0. The molecule has 0 aromatic carbocycles. The van der Waals surface area contributed by atoms with Crippen molar-refractivity contribution < 1.29 is 9.84 Å². The Kier molecular flexibility index (Phi) is 4.81. The molecule has 4 nitrogen and oxygen atoms in total. The second-order valence-electron chi connectivity index (χ2n) is 4.45. The zero-order valence-electron chi connectivity index (χ0n) is 9.07. The van der Waals surface area contributed by atoms with Gasteiger partial charge in [0, 0.05) is 12.6 Å². The van der Waals surface area contributed by atoms with Gasteiger partial charge >= 0.3 is 0 Å². The highest BCUT2D eigenvalue weighted by Crippen LogP contribution is 2.10. The van der Waals surface area contributed by atoms with Crippen LogP contribution >= 0.6 is 0 Å². The fourth-order valence-corrected chi connectivity index (χ4v) is 1.77. The Morgan fingerprint density at radius 3 is 2.79 bits per heavy atom. The third kappa shape index (κ3) is 3.92. The molecule has 0 spiro atoms. The zero-order chi connectivity index (χ0) is 10.6. The molecule has 1 unspecified atom stereocenters. The minimum absolute atomic E-state index is 0.0632. The fraction of sp³-hybridized carbons (Fsp3) is 1.00. The highest BCUT2D eigenvalue weighted by molar-refractivity contribution is 4.77. The third-order valence-corrected chi connectivity index (χ3v) is 2.48. The normalized spacial score (nSPS) is 29.8. The molecular formula is C10H22N2O2. The van der Waals surface area contributed by atoms with Crippen molar-refractivity contribution in [3.8, 4) is 0 Å². The first-order valence-electron chi connectivity index (χ1n) is 5.38. The Balaban J connectivity index is 2.13. The van der Waals surface area contributed by atoms with E-state index < -0.39 is 6.29 Å². The molecular weight excluding hydrogens is 180 g/mol. The maximum Gasteiger partial charge on any atom is 0.169 e. The van der Waals surface area contributed by atoms with E-state index in [2.05, 4.69) is 19.2 Å². The van der Waals surface area contributed by atoms with Crippen LogP contribution in [0, 0.1) is 5.92 Å². The van der Waals surface area contributed by atoms with Crippen molar-refractivity contribution in [3.63, 3.8) is 0 Å². The quantitative estimate of drug-likeness (QED) is 0.589. The summed E-state index contributed by atoms with van der Waals surface area (Å²) in [5.41, 5.74) is 5.91. The van der Waals surface area contributed by atoms with Gasteiger partial charge in [0.1, 0.15) is 0 Å². The van der Waals surface area contributed by atoms with Gasteiger partial charge in [-0.25, -0.2) is 0 Å². The monoisotopic (exact) mass is 202 g/mol. The first-order chi connectivity index (χ1) is 6.59. The molecule has 0 bridgehead atoms. The van der Waals surface area contributed by atoms with Gasteiger partial charge in [-0.05, 0) is 18.8 Å². The Hall–Kier alpha value is -0.160. The van der Waals surface area contributed by atoms with Gasteiger partial charge in [0.15, 0.2) is 6.29 Å². The van der Waals surface area contributed by atoms with E-state index in [1.165, 1.54) is 0 Å². The number of ether oxygens (including phenoxy) is 1. The van der Waals surface area contributed by atoms with Crippen LogP contribution in [0.4, 0.5) is 0 Å². The lowest BCUT2D eigenvalue weighted by molar-refractivity contribution is -0.0717. The molecule has 0 aromatic rings. The van der Waals surface area contributed by atoms with E-state index in [0.717, 1.165) is 19.4 Å². The lowest BCUT2D eigenvalue weighted by atomic mass is 10.0. The van der Waals surface area contributed by atoms with Crippen LogP contribution in [0.1, 0.15) is 26.7 Å². The van der Waals surface area contributed by atoms with E-state index in [9.17, 15) is 5.11 Å². The summed E-state index contributed by atoms with van der Waals surface area (Å²) in [6.07, 6.45) is 1.23. The van der Waals surface area contributed by atoms with E-state index in [1.807, 2.05) is 0 Å². The summed E-state index contributed by atoms with van der Waals surface area (Å²) >= 11 is 0. The molecule has 0 saturated carbocycles.